The molecule has 1 unspecified atom stereocenters. The Morgan fingerprint density at radius 3 is 2.00 bits per heavy atom. The van der Waals surface area contributed by atoms with E-state index in [1.807, 2.05) is 6.92 Å². The molecule has 2 aliphatic rings. The highest BCUT2D eigenvalue weighted by Crippen LogP contribution is 2.22. The summed E-state index contributed by atoms with van der Waals surface area (Å²) in [5.74, 6) is -0.0384. The number of sulfonamides is 1. The lowest BCUT2D eigenvalue weighted by molar-refractivity contribution is -0.120. The number of benzene rings is 1. The molecule has 0 bridgehead atoms. The number of hydrogen-bond acceptors (Lipinski definition) is 4. The molecule has 0 radical (unpaired) electrons. The summed E-state index contributed by atoms with van der Waals surface area (Å²) in [4.78, 5) is 15.1. The highest BCUT2D eigenvalue weighted by atomic mass is 32.2. The van der Waals surface area contributed by atoms with Gasteiger partial charge in [-0.1, -0.05) is 19.3 Å². The molecule has 2 aliphatic heterocycles. The fraction of sp³-hybridized carbons (Fsp3) is 0.650. The Labute approximate surface area is 163 Å². The van der Waals surface area contributed by atoms with E-state index in [2.05, 4.69) is 10.2 Å². The van der Waals surface area contributed by atoms with Gasteiger partial charge in [0.05, 0.1) is 10.9 Å². The summed E-state index contributed by atoms with van der Waals surface area (Å²) < 4.78 is 27.0. The van der Waals surface area contributed by atoms with E-state index in [4.69, 9.17) is 0 Å². The summed E-state index contributed by atoms with van der Waals surface area (Å²) in [6.45, 7) is 5.04. The maximum atomic E-state index is 12.7. The molecule has 3 rings (SSSR count). The Kier molecular flexibility index (Phi) is 6.89. The van der Waals surface area contributed by atoms with E-state index in [1.165, 1.54) is 12.8 Å². The highest BCUT2D eigenvalue weighted by Gasteiger charge is 2.26. The number of hydrogen-bond donors (Lipinski definition) is 1. The van der Waals surface area contributed by atoms with Crippen LogP contribution in [0.15, 0.2) is 29.2 Å². The maximum absolute atomic E-state index is 12.7. The van der Waals surface area contributed by atoms with E-state index >= 15 is 0 Å². The highest BCUT2D eigenvalue weighted by molar-refractivity contribution is 7.89. The van der Waals surface area contributed by atoms with Crippen LogP contribution in [0.3, 0.4) is 0 Å². The van der Waals surface area contributed by atoms with Crippen LogP contribution < -0.4 is 5.32 Å². The molecule has 7 heteroatoms. The van der Waals surface area contributed by atoms with Gasteiger partial charge in [0.1, 0.15) is 0 Å². The van der Waals surface area contributed by atoms with Gasteiger partial charge in [-0.05, 0) is 70.0 Å². The van der Waals surface area contributed by atoms with E-state index in [-0.39, 0.29) is 11.9 Å². The van der Waals surface area contributed by atoms with Crippen LogP contribution in [-0.4, -0.2) is 55.8 Å². The number of nitrogens with zero attached hydrogens (tertiary/aromatic N) is 2. The molecule has 1 N–H and O–H groups in total. The monoisotopic (exact) mass is 393 g/mol. The molecule has 27 heavy (non-hydrogen) atoms. The van der Waals surface area contributed by atoms with Gasteiger partial charge in [0, 0.05) is 18.8 Å². The number of likely N-dealkylation sites (tertiary alicyclic amines) is 1. The average Bonchev–Trinajstić information content (AvgIpc) is 2.98. The van der Waals surface area contributed by atoms with Crippen molar-refractivity contribution in [1.82, 2.24) is 9.21 Å². The lowest BCUT2D eigenvalue weighted by atomic mass is 10.2. The second-order valence-corrected chi connectivity index (χ2v) is 9.54. The molecule has 2 heterocycles. The summed E-state index contributed by atoms with van der Waals surface area (Å²) in [6.07, 6.45) is 7.67. The van der Waals surface area contributed by atoms with Crippen LogP contribution >= 0.6 is 0 Å². The van der Waals surface area contributed by atoms with Crippen molar-refractivity contribution in [2.45, 2.75) is 62.8 Å². The molecular formula is C20H31N3O3S. The molecule has 0 saturated carbocycles. The minimum atomic E-state index is -3.43. The van der Waals surface area contributed by atoms with Gasteiger partial charge in [-0.25, -0.2) is 8.42 Å². The molecule has 1 aromatic carbocycles. The molecule has 2 saturated heterocycles. The fourth-order valence-corrected chi connectivity index (χ4v) is 5.38. The predicted octanol–water partition coefficient (Wildman–Crippen LogP) is 3.06. The van der Waals surface area contributed by atoms with E-state index in [9.17, 15) is 13.2 Å². The van der Waals surface area contributed by atoms with Crippen LogP contribution in [-0.2, 0) is 14.8 Å². The molecule has 150 valence electrons. The molecular weight excluding hydrogens is 362 g/mol. The quantitative estimate of drug-likeness (QED) is 0.835. The first kappa shape index (κ1) is 20.3. The van der Waals surface area contributed by atoms with Gasteiger partial charge in [0.25, 0.3) is 0 Å². The lowest BCUT2D eigenvalue weighted by Crippen LogP contribution is -2.42. The number of carbonyl (C=O) groups excluding carboxylic acids is 1. The number of amides is 1. The minimum Gasteiger partial charge on any atom is -0.325 e. The Morgan fingerprint density at radius 2 is 1.41 bits per heavy atom. The van der Waals surface area contributed by atoms with Crippen LogP contribution in [0.25, 0.3) is 0 Å². The van der Waals surface area contributed by atoms with Gasteiger partial charge < -0.3 is 5.32 Å². The van der Waals surface area contributed by atoms with Gasteiger partial charge in [0.15, 0.2) is 0 Å². The number of piperidine rings is 1. The Balaban J connectivity index is 1.62. The zero-order valence-corrected chi connectivity index (χ0v) is 17.0. The van der Waals surface area contributed by atoms with Crippen LogP contribution in [0.5, 0.6) is 0 Å². The number of nitrogens with one attached hydrogen (secondary N) is 1. The molecule has 1 aromatic rings. The van der Waals surface area contributed by atoms with E-state index < -0.39 is 10.0 Å². The minimum absolute atomic E-state index is 0.0384. The zero-order valence-electron chi connectivity index (χ0n) is 16.2. The van der Waals surface area contributed by atoms with E-state index in [1.54, 1.807) is 28.6 Å². The standard InChI is InChI=1S/C20H31N3O3S/c1-17(22-13-5-2-3-6-14-22)20(24)21-18-9-11-19(12-10-18)27(25,26)23-15-7-4-8-16-23/h9-12,17H,2-8,13-16H2,1H3,(H,21,24). The van der Waals surface area contributed by atoms with Crippen molar-refractivity contribution in [2.75, 3.05) is 31.5 Å². The first-order valence-electron chi connectivity index (χ1n) is 10.1. The van der Waals surface area contributed by atoms with Crippen LogP contribution in [0.4, 0.5) is 5.69 Å². The van der Waals surface area contributed by atoms with Crippen molar-refractivity contribution in [3.05, 3.63) is 24.3 Å². The summed E-state index contributed by atoms with van der Waals surface area (Å²) >= 11 is 0. The first-order chi connectivity index (χ1) is 13.0. The van der Waals surface area contributed by atoms with E-state index in [0.717, 1.165) is 45.2 Å². The summed E-state index contributed by atoms with van der Waals surface area (Å²) in [5, 5.41) is 2.93. The Bertz CT molecular complexity index is 719. The Hall–Kier alpha value is -1.44. The third-order valence-corrected chi connectivity index (χ3v) is 7.56. The molecule has 2 fully saturated rings. The fourth-order valence-electron chi connectivity index (χ4n) is 3.86. The second kappa shape index (κ2) is 9.17. The predicted molar refractivity (Wildman–Crippen MR) is 107 cm³/mol. The number of rotatable bonds is 5. The molecule has 1 atom stereocenters. The maximum Gasteiger partial charge on any atom is 0.243 e. The second-order valence-electron chi connectivity index (χ2n) is 7.60. The van der Waals surface area contributed by atoms with Crippen LogP contribution in [0.1, 0.15) is 51.9 Å². The smallest absolute Gasteiger partial charge is 0.243 e. The van der Waals surface area contributed by atoms with Gasteiger partial charge in [-0.15, -0.1) is 0 Å². The third kappa shape index (κ3) is 5.09. The Morgan fingerprint density at radius 1 is 0.889 bits per heavy atom. The molecule has 0 aromatic heterocycles. The lowest BCUT2D eigenvalue weighted by Gasteiger charge is -2.27. The molecule has 0 aliphatic carbocycles. The van der Waals surface area contributed by atoms with Crippen molar-refractivity contribution in [3.63, 3.8) is 0 Å². The van der Waals surface area contributed by atoms with Gasteiger partial charge in [-0.2, -0.15) is 4.31 Å². The third-order valence-electron chi connectivity index (χ3n) is 5.64. The zero-order chi connectivity index (χ0) is 19.3. The average molecular weight is 394 g/mol. The molecule has 6 nitrogen and oxygen atoms in total. The van der Waals surface area contributed by atoms with Crippen LogP contribution in [0.2, 0.25) is 0 Å². The van der Waals surface area contributed by atoms with Crippen molar-refractivity contribution < 1.29 is 13.2 Å². The number of anilines is 1. The largest absolute Gasteiger partial charge is 0.325 e. The van der Waals surface area contributed by atoms with Gasteiger partial charge in [-0.3, -0.25) is 9.69 Å². The topological polar surface area (TPSA) is 69.7 Å². The van der Waals surface area contributed by atoms with E-state index in [0.29, 0.717) is 23.7 Å². The number of carbonyl (C=O) groups is 1. The molecule has 1 amide bonds. The van der Waals surface area contributed by atoms with Crippen molar-refractivity contribution in [3.8, 4) is 0 Å². The van der Waals surface area contributed by atoms with Crippen molar-refractivity contribution in [2.24, 2.45) is 0 Å². The summed E-state index contributed by atoms with van der Waals surface area (Å²) in [5.41, 5.74) is 0.638. The SMILES string of the molecule is CC(C(=O)Nc1ccc(S(=O)(=O)N2CCCCC2)cc1)N1CCCCCC1. The van der Waals surface area contributed by atoms with Crippen molar-refractivity contribution >= 4 is 21.6 Å². The van der Waals surface area contributed by atoms with Crippen molar-refractivity contribution in [1.29, 1.82) is 0 Å². The summed E-state index contributed by atoms with van der Waals surface area (Å²) in [6, 6.07) is 6.37. The van der Waals surface area contributed by atoms with Gasteiger partial charge >= 0.3 is 0 Å². The normalized spacial score (nSPS) is 21.4. The summed E-state index contributed by atoms with van der Waals surface area (Å²) in [7, 11) is -3.43. The van der Waals surface area contributed by atoms with Gasteiger partial charge in [0.2, 0.25) is 15.9 Å². The first-order valence-corrected chi connectivity index (χ1v) is 11.6. The molecule has 0 spiro atoms. The van der Waals surface area contributed by atoms with Crippen LogP contribution in [0, 0.1) is 0 Å².